The summed E-state index contributed by atoms with van der Waals surface area (Å²) in [5, 5.41) is 14.2. The van der Waals surface area contributed by atoms with E-state index in [1.165, 1.54) is 12.1 Å². The van der Waals surface area contributed by atoms with Crippen LogP contribution in [0, 0.1) is 5.82 Å². The van der Waals surface area contributed by atoms with Crippen LogP contribution in [0.5, 0.6) is 0 Å². The van der Waals surface area contributed by atoms with Crippen LogP contribution in [0.2, 0.25) is 0 Å². The molecular weight excluding hydrogens is 239 g/mol. The minimum atomic E-state index is -1.40. The molecule has 0 radical (unpaired) electrons. The average molecular weight is 254 g/mol. The first-order valence-electron chi connectivity index (χ1n) is 5.52. The largest absolute Gasteiger partial charge is 0.478 e. The summed E-state index contributed by atoms with van der Waals surface area (Å²) in [6.07, 6.45) is 0.871. The quantitative estimate of drug-likeness (QED) is 0.672. The summed E-state index contributed by atoms with van der Waals surface area (Å²) in [5.41, 5.74) is -0.531. The third-order valence-corrected chi connectivity index (χ3v) is 2.33. The van der Waals surface area contributed by atoms with Gasteiger partial charge in [0.2, 0.25) is 5.91 Å². The van der Waals surface area contributed by atoms with E-state index in [2.05, 4.69) is 10.6 Å². The Labute approximate surface area is 104 Å². The number of benzene rings is 1. The van der Waals surface area contributed by atoms with Crippen molar-refractivity contribution in [2.24, 2.45) is 0 Å². The van der Waals surface area contributed by atoms with Crippen LogP contribution in [0.4, 0.5) is 10.1 Å². The Morgan fingerprint density at radius 1 is 1.39 bits per heavy atom. The second-order valence-corrected chi connectivity index (χ2v) is 3.72. The van der Waals surface area contributed by atoms with Crippen molar-refractivity contribution in [2.75, 3.05) is 18.9 Å². The Morgan fingerprint density at radius 3 is 2.72 bits per heavy atom. The Bertz CT molecular complexity index is 449. The predicted molar refractivity (Wildman–Crippen MR) is 65.1 cm³/mol. The van der Waals surface area contributed by atoms with E-state index < -0.39 is 17.3 Å². The van der Waals surface area contributed by atoms with Gasteiger partial charge in [0.05, 0.1) is 5.69 Å². The van der Waals surface area contributed by atoms with Crippen molar-refractivity contribution in [3.05, 3.63) is 29.6 Å². The number of carboxylic acids is 1. The molecule has 0 saturated carbocycles. The number of anilines is 1. The minimum Gasteiger partial charge on any atom is -0.478 e. The Kier molecular flexibility index (Phi) is 5.26. The van der Waals surface area contributed by atoms with Crippen LogP contribution in [0.25, 0.3) is 0 Å². The van der Waals surface area contributed by atoms with E-state index in [0.717, 1.165) is 6.07 Å². The van der Waals surface area contributed by atoms with E-state index in [1.54, 1.807) is 7.05 Å². The third-order valence-electron chi connectivity index (χ3n) is 2.33. The molecule has 3 N–H and O–H groups in total. The van der Waals surface area contributed by atoms with Crippen LogP contribution in [0.3, 0.4) is 0 Å². The molecule has 6 heteroatoms. The zero-order valence-electron chi connectivity index (χ0n) is 10.00. The summed E-state index contributed by atoms with van der Waals surface area (Å²) >= 11 is 0. The molecule has 0 unspecified atom stereocenters. The summed E-state index contributed by atoms with van der Waals surface area (Å²) in [7, 11) is 1.77. The van der Waals surface area contributed by atoms with Gasteiger partial charge >= 0.3 is 5.97 Å². The van der Waals surface area contributed by atoms with E-state index in [4.69, 9.17) is 5.11 Å². The van der Waals surface area contributed by atoms with Crippen LogP contribution in [0.1, 0.15) is 23.2 Å². The van der Waals surface area contributed by atoms with Crippen molar-refractivity contribution < 1.29 is 19.1 Å². The number of aromatic carboxylic acids is 1. The van der Waals surface area contributed by atoms with Crippen molar-refractivity contribution >= 4 is 17.6 Å². The van der Waals surface area contributed by atoms with Crippen molar-refractivity contribution in [1.82, 2.24) is 5.32 Å². The number of carbonyl (C=O) groups is 2. The van der Waals surface area contributed by atoms with Crippen molar-refractivity contribution in [3.8, 4) is 0 Å². The first-order chi connectivity index (χ1) is 8.56. The van der Waals surface area contributed by atoms with Crippen molar-refractivity contribution in [3.63, 3.8) is 0 Å². The summed E-state index contributed by atoms with van der Waals surface area (Å²) in [6, 6.07) is 3.76. The Morgan fingerprint density at radius 2 is 2.11 bits per heavy atom. The molecule has 0 fully saturated rings. The van der Waals surface area contributed by atoms with Gasteiger partial charge in [-0.25, -0.2) is 9.18 Å². The van der Waals surface area contributed by atoms with Crippen LogP contribution < -0.4 is 10.6 Å². The van der Waals surface area contributed by atoms with Crippen LogP contribution in [-0.4, -0.2) is 30.6 Å². The molecule has 98 valence electrons. The lowest BCUT2D eigenvalue weighted by atomic mass is 10.1. The molecule has 5 nitrogen and oxygen atoms in total. The number of carboxylic acid groups (broad SMARTS) is 1. The number of hydrogen-bond donors (Lipinski definition) is 3. The Balaban J connectivity index is 2.75. The van der Waals surface area contributed by atoms with Gasteiger partial charge in [-0.15, -0.1) is 0 Å². The molecule has 0 aliphatic rings. The van der Waals surface area contributed by atoms with E-state index in [1.807, 2.05) is 0 Å². The van der Waals surface area contributed by atoms with Gasteiger partial charge < -0.3 is 15.7 Å². The molecule has 1 aromatic rings. The molecule has 1 rings (SSSR count). The van der Waals surface area contributed by atoms with Crippen molar-refractivity contribution in [1.29, 1.82) is 0 Å². The van der Waals surface area contributed by atoms with Gasteiger partial charge in [0.25, 0.3) is 0 Å². The van der Waals surface area contributed by atoms with Crippen LogP contribution >= 0.6 is 0 Å². The molecule has 0 atom stereocenters. The lowest BCUT2D eigenvalue weighted by Gasteiger charge is -2.08. The van der Waals surface area contributed by atoms with Gasteiger partial charge in [0, 0.05) is 6.42 Å². The first kappa shape index (κ1) is 14.1. The van der Waals surface area contributed by atoms with Crippen LogP contribution in [-0.2, 0) is 4.79 Å². The van der Waals surface area contributed by atoms with Crippen LogP contribution in [0.15, 0.2) is 18.2 Å². The molecule has 18 heavy (non-hydrogen) atoms. The summed E-state index contributed by atoms with van der Waals surface area (Å²) in [4.78, 5) is 22.4. The van der Waals surface area contributed by atoms with E-state index in [0.29, 0.717) is 13.0 Å². The number of amides is 1. The zero-order chi connectivity index (χ0) is 13.5. The molecule has 0 bridgehead atoms. The van der Waals surface area contributed by atoms with Gasteiger partial charge in [-0.2, -0.15) is 0 Å². The summed E-state index contributed by atoms with van der Waals surface area (Å²) < 4.78 is 13.3. The molecule has 0 aromatic heterocycles. The number of carbonyl (C=O) groups excluding carboxylic acids is 1. The highest BCUT2D eigenvalue weighted by Crippen LogP contribution is 2.19. The SMILES string of the molecule is CNCCCC(=O)Nc1cccc(F)c1C(=O)O. The summed E-state index contributed by atoms with van der Waals surface area (Å²) in [6.45, 7) is 0.683. The molecule has 1 amide bonds. The highest BCUT2D eigenvalue weighted by molar-refractivity contribution is 6.00. The highest BCUT2D eigenvalue weighted by Gasteiger charge is 2.16. The fourth-order valence-electron chi connectivity index (χ4n) is 1.48. The third kappa shape index (κ3) is 3.81. The number of hydrogen-bond acceptors (Lipinski definition) is 3. The predicted octanol–water partition coefficient (Wildman–Crippen LogP) is 1.46. The maximum Gasteiger partial charge on any atom is 0.340 e. The molecule has 0 aliphatic heterocycles. The number of rotatable bonds is 6. The average Bonchev–Trinajstić information content (AvgIpc) is 2.28. The summed E-state index contributed by atoms with van der Waals surface area (Å²) in [5.74, 6) is -2.60. The minimum absolute atomic E-state index is 0.0167. The second kappa shape index (κ2) is 6.70. The fraction of sp³-hybridized carbons (Fsp3) is 0.333. The van der Waals surface area contributed by atoms with E-state index >= 15 is 0 Å². The lowest BCUT2D eigenvalue weighted by Crippen LogP contribution is -2.17. The van der Waals surface area contributed by atoms with Gasteiger partial charge in [-0.1, -0.05) is 6.07 Å². The number of halogens is 1. The molecule has 0 saturated heterocycles. The molecule has 0 aliphatic carbocycles. The molecular formula is C12H15FN2O3. The maximum atomic E-state index is 13.3. The van der Waals surface area contributed by atoms with Gasteiger partial charge in [-0.05, 0) is 32.1 Å². The van der Waals surface area contributed by atoms with Gasteiger partial charge in [-0.3, -0.25) is 4.79 Å². The normalized spacial score (nSPS) is 10.1. The standard InChI is InChI=1S/C12H15FN2O3/c1-14-7-3-6-10(16)15-9-5-2-4-8(13)11(9)12(17)18/h2,4-5,14H,3,6-7H2,1H3,(H,15,16)(H,17,18). The van der Waals surface area contributed by atoms with Gasteiger partial charge in [0.15, 0.2) is 0 Å². The van der Waals surface area contributed by atoms with Gasteiger partial charge in [0.1, 0.15) is 11.4 Å². The van der Waals surface area contributed by atoms with Crippen molar-refractivity contribution in [2.45, 2.75) is 12.8 Å². The zero-order valence-corrected chi connectivity index (χ0v) is 10.00. The first-order valence-corrected chi connectivity index (χ1v) is 5.52. The number of nitrogens with one attached hydrogen (secondary N) is 2. The molecule has 1 aromatic carbocycles. The Hall–Kier alpha value is -1.95. The smallest absolute Gasteiger partial charge is 0.340 e. The fourth-order valence-corrected chi connectivity index (χ4v) is 1.48. The molecule has 0 spiro atoms. The van der Waals surface area contributed by atoms with E-state index in [9.17, 15) is 14.0 Å². The monoisotopic (exact) mass is 254 g/mol. The maximum absolute atomic E-state index is 13.3. The second-order valence-electron chi connectivity index (χ2n) is 3.72. The lowest BCUT2D eigenvalue weighted by molar-refractivity contribution is -0.116. The topological polar surface area (TPSA) is 78.4 Å². The molecule has 0 heterocycles. The van der Waals surface area contributed by atoms with E-state index in [-0.39, 0.29) is 18.0 Å². The highest BCUT2D eigenvalue weighted by atomic mass is 19.1.